The summed E-state index contributed by atoms with van der Waals surface area (Å²) in [4.78, 5) is 12.5. The molecule has 0 saturated heterocycles. The number of unbranched alkanes of at least 4 members (excludes halogenated alkanes) is 1. The summed E-state index contributed by atoms with van der Waals surface area (Å²) < 4.78 is 0. The molecule has 1 aliphatic rings. The van der Waals surface area contributed by atoms with Gasteiger partial charge in [-0.25, -0.2) is 0 Å². The SMILES string of the molecule is O=C(C=C1C=CC=CC1P(c1ccccc1)c1ccccc1)CCCCCl. The van der Waals surface area contributed by atoms with Gasteiger partial charge in [-0.15, -0.1) is 11.6 Å². The molecule has 2 aromatic rings. The second-order valence-electron chi connectivity index (χ2n) is 6.49. The maximum Gasteiger partial charge on any atom is 0.155 e. The number of carbonyl (C=O) groups excluding carboxylic acids is 1. The van der Waals surface area contributed by atoms with E-state index in [4.69, 9.17) is 11.6 Å². The largest absolute Gasteiger partial charge is 0.295 e. The van der Waals surface area contributed by atoms with Gasteiger partial charge in [0, 0.05) is 18.0 Å². The van der Waals surface area contributed by atoms with Gasteiger partial charge in [0.15, 0.2) is 5.78 Å². The Balaban J connectivity index is 1.93. The summed E-state index contributed by atoms with van der Waals surface area (Å²) in [7, 11) is -0.635. The van der Waals surface area contributed by atoms with Crippen molar-refractivity contribution in [3.63, 3.8) is 0 Å². The Hall–Kier alpha value is -1.95. The van der Waals surface area contributed by atoms with E-state index in [0.717, 1.165) is 18.4 Å². The fourth-order valence-electron chi connectivity index (χ4n) is 3.21. The van der Waals surface area contributed by atoms with E-state index in [-0.39, 0.29) is 11.4 Å². The summed E-state index contributed by atoms with van der Waals surface area (Å²) >= 11 is 5.73. The summed E-state index contributed by atoms with van der Waals surface area (Å²) in [6.45, 7) is 0. The van der Waals surface area contributed by atoms with E-state index < -0.39 is 7.92 Å². The minimum absolute atomic E-state index is 0.191. The fourth-order valence-corrected chi connectivity index (χ4v) is 6.06. The minimum atomic E-state index is -0.635. The molecule has 0 aliphatic heterocycles. The Morgan fingerprint density at radius 1 is 0.926 bits per heavy atom. The van der Waals surface area contributed by atoms with E-state index in [1.807, 2.05) is 12.2 Å². The number of halogens is 1. The van der Waals surface area contributed by atoms with Gasteiger partial charge >= 0.3 is 0 Å². The van der Waals surface area contributed by atoms with Crippen molar-refractivity contribution in [2.75, 3.05) is 5.88 Å². The molecule has 0 amide bonds. The van der Waals surface area contributed by atoms with Crippen LogP contribution in [-0.4, -0.2) is 17.3 Å². The molecule has 3 rings (SSSR count). The zero-order valence-corrected chi connectivity index (χ0v) is 16.9. The molecular weight excluding hydrogens is 371 g/mol. The van der Waals surface area contributed by atoms with Crippen LogP contribution in [0.4, 0.5) is 0 Å². The Bertz CT molecular complexity index is 784. The van der Waals surface area contributed by atoms with Crippen LogP contribution in [-0.2, 0) is 4.79 Å². The molecule has 0 N–H and O–H groups in total. The Kier molecular flexibility index (Phi) is 7.63. The van der Waals surface area contributed by atoms with E-state index in [9.17, 15) is 4.79 Å². The van der Waals surface area contributed by atoms with Gasteiger partial charge in [0.2, 0.25) is 0 Å². The lowest BCUT2D eigenvalue weighted by Gasteiger charge is -2.28. The predicted molar refractivity (Wildman–Crippen MR) is 119 cm³/mol. The van der Waals surface area contributed by atoms with Gasteiger partial charge in [0.1, 0.15) is 0 Å². The quantitative estimate of drug-likeness (QED) is 0.249. The zero-order valence-electron chi connectivity index (χ0n) is 15.3. The molecule has 1 unspecified atom stereocenters. The van der Waals surface area contributed by atoms with Gasteiger partial charge in [-0.1, -0.05) is 85.0 Å². The van der Waals surface area contributed by atoms with E-state index in [1.54, 1.807) is 0 Å². The van der Waals surface area contributed by atoms with Crippen LogP contribution in [0.1, 0.15) is 19.3 Å². The van der Waals surface area contributed by atoms with Gasteiger partial charge < -0.3 is 0 Å². The number of benzene rings is 2. The number of alkyl halides is 1. The third-order valence-electron chi connectivity index (χ3n) is 4.52. The average molecular weight is 395 g/mol. The lowest BCUT2D eigenvalue weighted by atomic mass is 10.0. The second-order valence-corrected chi connectivity index (χ2v) is 9.19. The first kappa shape index (κ1) is 19.8. The fraction of sp³-hybridized carbons (Fsp3) is 0.208. The monoisotopic (exact) mass is 394 g/mol. The summed E-state index contributed by atoms with van der Waals surface area (Å²) in [6, 6.07) is 21.3. The van der Waals surface area contributed by atoms with Crippen LogP contribution in [0.25, 0.3) is 0 Å². The molecule has 138 valence electrons. The molecule has 1 nitrogen and oxygen atoms in total. The third-order valence-corrected chi connectivity index (χ3v) is 7.52. The normalized spacial score (nSPS) is 17.6. The molecule has 0 radical (unpaired) electrons. The summed E-state index contributed by atoms with van der Waals surface area (Å²) in [5, 5.41) is 2.65. The number of rotatable bonds is 8. The summed E-state index contributed by atoms with van der Waals surface area (Å²) in [5.74, 6) is 0.804. The van der Waals surface area contributed by atoms with Crippen LogP contribution in [0.3, 0.4) is 0 Å². The van der Waals surface area contributed by atoms with Crippen molar-refractivity contribution < 1.29 is 4.79 Å². The van der Waals surface area contributed by atoms with Gasteiger partial charge in [-0.05, 0) is 43.0 Å². The van der Waals surface area contributed by atoms with Crippen molar-refractivity contribution in [3.8, 4) is 0 Å². The minimum Gasteiger partial charge on any atom is -0.295 e. The van der Waals surface area contributed by atoms with E-state index in [1.165, 1.54) is 10.6 Å². The van der Waals surface area contributed by atoms with Crippen LogP contribution >= 0.6 is 19.5 Å². The highest BCUT2D eigenvalue weighted by Crippen LogP contribution is 2.45. The lowest BCUT2D eigenvalue weighted by Crippen LogP contribution is -2.22. The molecule has 27 heavy (non-hydrogen) atoms. The van der Waals surface area contributed by atoms with Gasteiger partial charge in [-0.3, -0.25) is 4.79 Å². The smallest absolute Gasteiger partial charge is 0.155 e. The van der Waals surface area contributed by atoms with Crippen molar-refractivity contribution >= 4 is 35.9 Å². The van der Waals surface area contributed by atoms with Crippen LogP contribution in [0.5, 0.6) is 0 Å². The Morgan fingerprint density at radius 3 is 2.15 bits per heavy atom. The van der Waals surface area contributed by atoms with Crippen molar-refractivity contribution in [2.45, 2.75) is 24.9 Å². The van der Waals surface area contributed by atoms with Gasteiger partial charge in [-0.2, -0.15) is 0 Å². The van der Waals surface area contributed by atoms with Crippen LogP contribution in [0, 0.1) is 0 Å². The molecule has 0 bridgehead atoms. The number of carbonyl (C=O) groups is 1. The predicted octanol–water partition coefficient (Wildman–Crippen LogP) is 5.52. The molecular formula is C24H24ClOP. The molecule has 2 aromatic carbocycles. The molecule has 0 aromatic heterocycles. The highest BCUT2D eigenvalue weighted by atomic mass is 35.5. The topological polar surface area (TPSA) is 17.1 Å². The maximum atomic E-state index is 12.5. The van der Waals surface area contributed by atoms with E-state index >= 15 is 0 Å². The lowest BCUT2D eigenvalue weighted by molar-refractivity contribution is -0.114. The first-order valence-corrected chi connectivity index (χ1v) is 11.3. The van der Waals surface area contributed by atoms with Crippen LogP contribution in [0.15, 0.2) is 96.6 Å². The van der Waals surface area contributed by atoms with Gasteiger partial charge in [0.25, 0.3) is 0 Å². The first-order chi connectivity index (χ1) is 13.3. The number of hydrogen-bond donors (Lipinski definition) is 0. The first-order valence-electron chi connectivity index (χ1n) is 9.34. The van der Waals surface area contributed by atoms with Crippen molar-refractivity contribution in [1.82, 2.24) is 0 Å². The van der Waals surface area contributed by atoms with Crippen LogP contribution < -0.4 is 10.6 Å². The zero-order chi connectivity index (χ0) is 18.9. The average Bonchev–Trinajstić information content (AvgIpc) is 2.71. The van der Waals surface area contributed by atoms with Crippen molar-refractivity contribution in [2.24, 2.45) is 0 Å². The number of allylic oxidation sites excluding steroid dienone is 6. The molecule has 0 fully saturated rings. The Morgan fingerprint density at radius 2 is 1.56 bits per heavy atom. The van der Waals surface area contributed by atoms with Crippen molar-refractivity contribution in [3.05, 3.63) is 96.6 Å². The van der Waals surface area contributed by atoms with E-state index in [0.29, 0.717) is 12.3 Å². The molecule has 0 heterocycles. The Labute approximate surface area is 168 Å². The second kappa shape index (κ2) is 10.4. The number of hydrogen-bond acceptors (Lipinski definition) is 1. The molecule has 1 atom stereocenters. The summed E-state index contributed by atoms with van der Waals surface area (Å²) in [5.41, 5.74) is 1.30. The van der Waals surface area contributed by atoms with E-state index in [2.05, 4.69) is 78.9 Å². The maximum absolute atomic E-state index is 12.5. The highest BCUT2D eigenvalue weighted by molar-refractivity contribution is 7.74. The molecule has 3 heteroatoms. The number of ketones is 1. The molecule has 0 spiro atoms. The molecule has 1 aliphatic carbocycles. The molecule has 0 saturated carbocycles. The highest BCUT2D eigenvalue weighted by Gasteiger charge is 2.26. The van der Waals surface area contributed by atoms with Crippen molar-refractivity contribution in [1.29, 1.82) is 0 Å². The third kappa shape index (κ3) is 5.51. The van der Waals surface area contributed by atoms with Crippen LogP contribution in [0.2, 0.25) is 0 Å². The standard InChI is InChI=1S/C24H24ClOP/c25-18-10-9-12-21(26)19-20-11-7-8-17-24(20)27(22-13-3-1-4-14-22)23-15-5-2-6-16-23/h1-8,11,13-17,19,24H,9-10,12,18H2. The summed E-state index contributed by atoms with van der Waals surface area (Å²) in [6.07, 6.45) is 12.6. The van der Waals surface area contributed by atoms with Gasteiger partial charge in [0.05, 0.1) is 0 Å².